The molecule has 8 heteroatoms. The fourth-order valence-electron chi connectivity index (χ4n) is 3.94. The Morgan fingerprint density at radius 1 is 1.00 bits per heavy atom. The van der Waals surface area contributed by atoms with E-state index in [2.05, 4.69) is 33.0 Å². The van der Waals surface area contributed by atoms with Crippen molar-refractivity contribution in [2.45, 2.75) is 19.4 Å². The normalized spacial score (nSPS) is 12.5. The molecular formula is C25H22Cl2N4OS. The van der Waals surface area contributed by atoms with Gasteiger partial charge in [-0.1, -0.05) is 71.5 Å². The van der Waals surface area contributed by atoms with Gasteiger partial charge in [0.05, 0.1) is 0 Å². The number of nitrogens with one attached hydrogen (secondary N) is 2. The van der Waals surface area contributed by atoms with Crippen molar-refractivity contribution in [2.24, 2.45) is 0 Å². The second kappa shape index (κ2) is 10.4. The first kappa shape index (κ1) is 23.4. The van der Waals surface area contributed by atoms with Crippen molar-refractivity contribution in [1.82, 2.24) is 15.5 Å². The zero-order chi connectivity index (χ0) is 21.9. The molecule has 4 aromatic rings. The zero-order valence-corrected chi connectivity index (χ0v) is 20.1. The lowest BCUT2D eigenvalue weighted by Crippen LogP contribution is -2.24. The summed E-state index contributed by atoms with van der Waals surface area (Å²) < 4.78 is 0. The molecule has 0 spiro atoms. The van der Waals surface area contributed by atoms with Crippen LogP contribution in [-0.4, -0.2) is 22.6 Å². The van der Waals surface area contributed by atoms with Crippen molar-refractivity contribution >= 4 is 46.4 Å². The molecule has 168 valence electrons. The van der Waals surface area contributed by atoms with Crippen molar-refractivity contribution in [3.8, 4) is 11.1 Å². The fraction of sp³-hybridized carbons (Fsp3) is 0.160. The fourth-order valence-corrected chi connectivity index (χ4v) is 4.94. The number of anilines is 1. The summed E-state index contributed by atoms with van der Waals surface area (Å²) in [6.45, 7) is 1.79. The van der Waals surface area contributed by atoms with E-state index in [0.717, 1.165) is 41.2 Å². The molecule has 1 aliphatic rings. The SMILES string of the molecule is Cl.O=C(Nc1nnc(Cc2ccccc2-c2ccccc2Cl)s1)c1ccc2c(c1)CCNC2. The Morgan fingerprint density at radius 3 is 2.64 bits per heavy atom. The number of carbonyl (C=O) groups is 1. The number of nitrogens with zero attached hydrogens (tertiary/aromatic N) is 2. The first-order chi connectivity index (χ1) is 15.7. The molecule has 0 radical (unpaired) electrons. The second-order valence-corrected chi connectivity index (χ2v) is 9.15. The largest absolute Gasteiger partial charge is 0.312 e. The van der Waals surface area contributed by atoms with Gasteiger partial charge < -0.3 is 5.32 Å². The third kappa shape index (κ3) is 5.25. The highest BCUT2D eigenvalue weighted by molar-refractivity contribution is 7.15. The number of benzene rings is 3. The van der Waals surface area contributed by atoms with Crippen LogP contribution < -0.4 is 10.6 Å². The van der Waals surface area contributed by atoms with Crippen LogP contribution >= 0.6 is 35.3 Å². The van der Waals surface area contributed by atoms with E-state index in [4.69, 9.17) is 11.6 Å². The van der Waals surface area contributed by atoms with Gasteiger partial charge in [-0.25, -0.2) is 0 Å². The maximum absolute atomic E-state index is 12.7. The van der Waals surface area contributed by atoms with Crippen LogP contribution in [0.1, 0.15) is 32.1 Å². The van der Waals surface area contributed by atoms with Crippen LogP contribution in [0, 0.1) is 0 Å². The van der Waals surface area contributed by atoms with E-state index in [1.165, 1.54) is 22.5 Å². The molecule has 3 aromatic carbocycles. The van der Waals surface area contributed by atoms with Crippen molar-refractivity contribution in [1.29, 1.82) is 0 Å². The monoisotopic (exact) mass is 496 g/mol. The van der Waals surface area contributed by atoms with Crippen molar-refractivity contribution in [3.05, 3.63) is 99.0 Å². The third-order valence-electron chi connectivity index (χ3n) is 5.57. The highest BCUT2D eigenvalue weighted by Crippen LogP contribution is 2.32. The Balaban J connectivity index is 0.00000259. The molecule has 0 saturated carbocycles. The summed E-state index contributed by atoms with van der Waals surface area (Å²) in [5.41, 5.74) is 6.30. The summed E-state index contributed by atoms with van der Waals surface area (Å²) in [6, 6.07) is 21.8. The lowest BCUT2D eigenvalue weighted by Gasteiger charge is -2.17. The van der Waals surface area contributed by atoms with Gasteiger partial charge in [0.2, 0.25) is 5.13 Å². The molecule has 1 aromatic heterocycles. The van der Waals surface area contributed by atoms with Crippen LogP contribution in [0.15, 0.2) is 66.7 Å². The molecule has 0 bridgehead atoms. The first-order valence-corrected chi connectivity index (χ1v) is 11.7. The molecule has 0 unspecified atom stereocenters. The highest BCUT2D eigenvalue weighted by atomic mass is 35.5. The summed E-state index contributed by atoms with van der Waals surface area (Å²) in [6.07, 6.45) is 1.55. The summed E-state index contributed by atoms with van der Waals surface area (Å²) in [7, 11) is 0. The predicted octanol–water partition coefficient (Wildman–Crippen LogP) is 5.77. The molecule has 1 amide bonds. The summed E-state index contributed by atoms with van der Waals surface area (Å²) in [5, 5.41) is 16.8. The lowest BCUT2D eigenvalue weighted by atomic mass is 9.98. The van der Waals surface area contributed by atoms with Gasteiger partial charge in [0.25, 0.3) is 5.91 Å². The highest BCUT2D eigenvalue weighted by Gasteiger charge is 2.15. The molecule has 2 heterocycles. The van der Waals surface area contributed by atoms with Crippen LogP contribution in [-0.2, 0) is 19.4 Å². The standard InChI is InChI=1S/C25H21ClN4OS.ClH/c26-22-8-4-3-7-21(22)20-6-2-1-5-17(20)14-23-29-30-25(32-23)28-24(31)18-9-10-19-15-27-12-11-16(19)13-18;/h1-10,13,27H,11-12,14-15H2,(H,28,30,31);1H. The topological polar surface area (TPSA) is 66.9 Å². The number of rotatable bonds is 5. The Bertz CT molecular complexity index is 1290. The van der Waals surface area contributed by atoms with Gasteiger partial charge in [-0.15, -0.1) is 22.6 Å². The number of aromatic nitrogens is 2. The van der Waals surface area contributed by atoms with E-state index in [1.54, 1.807) is 0 Å². The van der Waals surface area contributed by atoms with E-state index < -0.39 is 0 Å². The van der Waals surface area contributed by atoms with E-state index >= 15 is 0 Å². The van der Waals surface area contributed by atoms with E-state index in [1.807, 2.05) is 54.6 Å². The average Bonchev–Trinajstić information content (AvgIpc) is 3.26. The van der Waals surface area contributed by atoms with Crippen LogP contribution in [0.5, 0.6) is 0 Å². The molecule has 0 atom stereocenters. The zero-order valence-electron chi connectivity index (χ0n) is 17.7. The van der Waals surface area contributed by atoms with Crippen LogP contribution in [0.25, 0.3) is 11.1 Å². The van der Waals surface area contributed by atoms with Crippen LogP contribution in [0.2, 0.25) is 5.02 Å². The quantitative estimate of drug-likeness (QED) is 0.368. The average molecular weight is 497 g/mol. The van der Waals surface area contributed by atoms with Crippen molar-refractivity contribution in [3.63, 3.8) is 0 Å². The summed E-state index contributed by atoms with van der Waals surface area (Å²) in [5.74, 6) is -0.162. The van der Waals surface area contributed by atoms with Crippen molar-refractivity contribution < 1.29 is 4.79 Å². The van der Waals surface area contributed by atoms with Gasteiger partial charge >= 0.3 is 0 Å². The number of hydrogen-bond acceptors (Lipinski definition) is 5. The van der Waals surface area contributed by atoms with Gasteiger partial charge in [0, 0.05) is 29.1 Å². The molecule has 1 aliphatic heterocycles. The molecular weight excluding hydrogens is 475 g/mol. The minimum atomic E-state index is -0.162. The molecule has 33 heavy (non-hydrogen) atoms. The number of fused-ring (bicyclic) bond motifs is 1. The van der Waals surface area contributed by atoms with Crippen LogP contribution in [0.4, 0.5) is 5.13 Å². The van der Waals surface area contributed by atoms with Gasteiger partial charge in [0.15, 0.2) is 0 Å². The number of carbonyl (C=O) groups excluding carboxylic acids is 1. The van der Waals surface area contributed by atoms with Crippen molar-refractivity contribution in [2.75, 3.05) is 11.9 Å². The maximum atomic E-state index is 12.7. The van der Waals surface area contributed by atoms with Gasteiger partial charge in [-0.05, 0) is 53.4 Å². The second-order valence-electron chi connectivity index (χ2n) is 7.68. The van der Waals surface area contributed by atoms with Gasteiger partial charge in [-0.3, -0.25) is 10.1 Å². The number of hydrogen-bond donors (Lipinski definition) is 2. The molecule has 0 fully saturated rings. The molecule has 0 saturated heterocycles. The first-order valence-electron chi connectivity index (χ1n) is 10.5. The lowest BCUT2D eigenvalue weighted by molar-refractivity contribution is 0.102. The Hall–Kier alpha value is -2.77. The molecule has 0 aliphatic carbocycles. The summed E-state index contributed by atoms with van der Waals surface area (Å²) >= 11 is 7.81. The van der Waals surface area contributed by atoms with Gasteiger partial charge in [0.1, 0.15) is 5.01 Å². The van der Waals surface area contributed by atoms with Crippen LogP contribution in [0.3, 0.4) is 0 Å². The van der Waals surface area contributed by atoms with E-state index in [0.29, 0.717) is 22.1 Å². The molecule has 5 rings (SSSR count). The molecule has 5 nitrogen and oxygen atoms in total. The Morgan fingerprint density at radius 2 is 1.79 bits per heavy atom. The molecule has 2 N–H and O–H groups in total. The van der Waals surface area contributed by atoms with E-state index in [9.17, 15) is 4.79 Å². The third-order valence-corrected chi connectivity index (χ3v) is 6.73. The minimum Gasteiger partial charge on any atom is -0.312 e. The Labute approximate surface area is 207 Å². The Kier molecular flexibility index (Phi) is 7.40. The van der Waals surface area contributed by atoms with Gasteiger partial charge in [-0.2, -0.15) is 0 Å². The smallest absolute Gasteiger partial charge is 0.257 e. The maximum Gasteiger partial charge on any atom is 0.257 e. The van der Waals surface area contributed by atoms with E-state index in [-0.39, 0.29) is 18.3 Å². The number of halogens is 2. The summed E-state index contributed by atoms with van der Waals surface area (Å²) in [4.78, 5) is 12.7. The minimum absolute atomic E-state index is 0. The number of amides is 1. The predicted molar refractivity (Wildman–Crippen MR) is 137 cm³/mol.